The van der Waals surface area contributed by atoms with Gasteiger partial charge in [0.2, 0.25) is 11.8 Å². The highest BCUT2D eigenvalue weighted by Crippen LogP contribution is 2.26. The summed E-state index contributed by atoms with van der Waals surface area (Å²) in [6.07, 6.45) is -0.174. The van der Waals surface area contributed by atoms with Gasteiger partial charge in [-0.05, 0) is 62.4 Å². The number of thioether (sulfide) groups is 1. The number of hydrogen-bond donors (Lipinski definition) is 2. The predicted molar refractivity (Wildman–Crippen MR) is 120 cm³/mol. The van der Waals surface area contributed by atoms with Crippen molar-refractivity contribution in [2.24, 2.45) is 4.99 Å². The largest absolute Gasteiger partial charge is 0.497 e. The molecule has 1 aliphatic rings. The van der Waals surface area contributed by atoms with E-state index < -0.39 is 11.2 Å². The van der Waals surface area contributed by atoms with Crippen molar-refractivity contribution in [1.29, 1.82) is 0 Å². The maximum absolute atomic E-state index is 12.7. The molecule has 3 rings (SSSR count). The second-order valence-electron chi connectivity index (χ2n) is 6.99. The molecule has 0 spiro atoms. The molecule has 162 valence electrons. The number of benzene rings is 2. The maximum Gasteiger partial charge on any atom is 0.338 e. The Balaban J connectivity index is 1.64. The Hall–Kier alpha value is -3.33. The molecule has 0 aromatic heterocycles. The van der Waals surface area contributed by atoms with E-state index in [-0.39, 0.29) is 24.3 Å². The monoisotopic (exact) mass is 441 g/mol. The molecule has 2 aromatic carbocycles. The lowest BCUT2D eigenvalue weighted by atomic mass is 10.2. The van der Waals surface area contributed by atoms with Crippen LogP contribution in [-0.2, 0) is 14.3 Å². The Morgan fingerprint density at radius 1 is 1.13 bits per heavy atom. The van der Waals surface area contributed by atoms with Crippen molar-refractivity contribution in [3.8, 4) is 5.75 Å². The van der Waals surface area contributed by atoms with Gasteiger partial charge in [0.25, 0.3) is 0 Å². The van der Waals surface area contributed by atoms with Crippen molar-refractivity contribution in [2.45, 2.75) is 31.6 Å². The molecule has 0 aliphatic carbocycles. The summed E-state index contributed by atoms with van der Waals surface area (Å²) in [5, 5.41) is 5.19. The number of aliphatic imine (C=N–C) groups is 1. The standard InChI is InChI=1S/C22H23N3O5S/c1-13(2)30-21(28)14-4-6-15(7-5-14)23-20(27)18-12-19(26)25-22(31-18)24-16-8-10-17(29-3)11-9-16/h4-11,13,18H,12H2,1-3H3,(H,23,27)(H,24,25,26). The van der Waals surface area contributed by atoms with Crippen molar-refractivity contribution >= 4 is 46.1 Å². The summed E-state index contributed by atoms with van der Waals surface area (Å²) in [5.41, 5.74) is 1.55. The molecule has 8 nitrogen and oxygen atoms in total. The third-order valence-electron chi connectivity index (χ3n) is 4.20. The average Bonchev–Trinajstić information content (AvgIpc) is 2.74. The number of hydrogen-bond acceptors (Lipinski definition) is 7. The Labute approximate surface area is 184 Å². The van der Waals surface area contributed by atoms with E-state index in [1.807, 2.05) is 0 Å². The summed E-state index contributed by atoms with van der Waals surface area (Å²) < 4.78 is 10.3. The molecule has 9 heteroatoms. The van der Waals surface area contributed by atoms with Crippen molar-refractivity contribution in [3.63, 3.8) is 0 Å². The quantitative estimate of drug-likeness (QED) is 0.665. The fraction of sp³-hybridized carbons (Fsp3) is 0.273. The van der Waals surface area contributed by atoms with Gasteiger partial charge in [0.1, 0.15) is 11.0 Å². The topological polar surface area (TPSA) is 106 Å². The summed E-state index contributed by atoms with van der Waals surface area (Å²) in [6.45, 7) is 3.55. The van der Waals surface area contributed by atoms with Gasteiger partial charge >= 0.3 is 5.97 Å². The van der Waals surface area contributed by atoms with E-state index >= 15 is 0 Å². The normalized spacial score (nSPS) is 17.2. The number of amidine groups is 1. The zero-order valence-electron chi connectivity index (χ0n) is 17.4. The average molecular weight is 442 g/mol. The smallest absolute Gasteiger partial charge is 0.338 e. The zero-order chi connectivity index (χ0) is 22.4. The summed E-state index contributed by atoms with van der Waals surface area (Å²) in [5.74, 6) is -0.325. The summed E-state index contributed by atoms with van der Waals surface area (Å²) in [6, 6.07) is 13.4. The van der Waals surface area contributed by atoms with Crippen LogP contribution < -0.4 is 15.4 Å². The molecule has 0 radical (unpaired) electrons. The SMILES string of the molecule is COc1ccc(N=C2NC(=O)CC(C(=O)Nc3ccc(C(=O)OC(C)C)cc3)S2)cc1. The van der Waals surface area contributed by atoms with Crippen molar-refractivity contribution in [1.82, 2.24) is 5.32 Å². The molecule has 2 aromatic rings. The molecule has 0 bridgehead atoms. The second kappa shape index (κ2) is 10.1. The van der Waals surface area contributed by atoms with Crippen LogP contribution >= 0.6 is 11.8 Å². The zero-order valence-corrected chi connectivity index (χ0v) is 18.2. The van der Waals surface area contributed by atoms with E-state index in [9.17, 15) is 14.4 Å². The van der Waals surface area contributed by atoms with E-state index in [0.29, 0.717) is 27.9 Å². The van der Waals surface area contributed by atoms with E-state index in [0.717, 1.165) is 0 Å². The van der Waals surface area contributed by atoms with Crippen molar-refractivity contribution < 1.29 is 23.9 Å². The molecule has 1 fully saturated rings. The molecule has 1 unspecified atom stereocenters. The number of anilines is 1. The van der Waals surface area contributed by atoms with E-state index in [4.69, 9.17) is 9.47 Å². The summed E-state index contributed by atoms with van der Waals surface area (Å²) >= 11 is 1.18. The van der Waals surface area contributed by atoms with Crippen LogP contribution in [0.5, 0.6) is 5.75 Å². The molecule has 2 N–H and O–H groups in total. The first-order chi connectivity index (χ1) is 14.8. The molecule has 1 saturated heterocycles. The lowest BCUT2D eigenvalue weighted by molar-refractivity contribution is -0.123. The van der Waals surface area contributed by atoms with E-state index in [1.54, 1.807) is 69.5 Å². The second-order valence-corrected chi connectivity index (χ2v) is 8.19. The number of amides is 2. The number of carbonyl (C=O) groups excluding carboxylic acids is 3. The van der Waals surface area contributed by atoms with Crippen LogP contribution in [-0.4, -0.2) is 41.4 Å². The number of nitrogens with one attached hydrogen (secondary N) is 2. The minimum Gasteiger partial charge on any atom is -0.497 e. The first kappa shape index (κ1) is 22.4. The van der Waals surface area contributed by atoms with Gasteiger partial charge in [0.05, 0.1) is 24.5 Å². The van der Waals surface area contributed by atoms with Crippen LogP contribution in [0.4, 0.5) is 11.4 Å². The van der Waals surface area contributed by atoms with Crippen LogP contribution in [0.3, 0.4) is 0 Å². The minimum atomic E-state index is -0.628. The molecule has 1 atom stereocenters. The first-order valence-corrected chi connectivity index (χ1v) is 10.5. The Morgan fingerprint density at radius 3 is 2.42 bits per heavy atom. The third-order valence-corrected chi connectivity index (χ3v) is 5.28. The summed E-state index contributed by atoms with van der Waals surface area (Å²) in [4.78, 5) is 41.1. The predicted octanol–water partition coefficient (Wildman–Crippen LogP) is 3.51. The molecule has 1 heterocycles. The molecule has 31 heavy (non-hydrogen) atoms. The van der Waals surface area contributed by atoms with Crippen LogP contribution in [0.25, 0.3) is 0 Å². The Morgan fingerprint density at radius 2 is 1.81 bits per heavy atom. The highest BCUT2D eigenvalue weighted by Gasteiger charge is 2.30. The van der Waals surface area contributed by atoms with Crippen molar-refractivity contribution in [3.05, 3.63) is 54.1 Å². The lowest BCUT2D eigenvalue weighted by Crippen LogP contribution is -2.41. The number of nitrogens with zero attached hydrogens (tertiary/aromatic N) is 1. The Kier molecular flexibility index (Phi) is 7.30. The van der Waals surface area contributed by atoms with Gasteiger partial charge in [-0.25, -0.2) is 9.79 Å². The van der Waals surface area contributed by atoms with Crippen LogP contribution in [0.1, 0.15) is 30.6 Å². The van der Waals surface area contributed by atoms with E-state index in [1.165, 1.54) is 11.8 Å². The number of ether oxygens (including phenoxy) is 2. The molecule has 1 aliphatic heterocycles. The number of rotatable bonds is 6. The van der Waals surface area contributed by atoms with Crippen LogP contribution in [0, 0.1) is 0 Å². The van der Waals surface area contributed by atoms with Gasteiger partial charge in [-0.2, -0.15) is 0 Å². The van der Waals surface area contributed by atoms with Gasteiger partial charge in [-0.3, -0.25) is 9.59 Å². The number of esters is 1. The first-order valence-electron chi connectivity index (χ1n) is 9.65. The Bertz CT molecular complexity index is 987. The van der Waals surface area contributed by atoms with Gasteiger partial charge in [-0.15, -0.1) is 0 Å². The number of methoxy groups -OCH3 is 1. The third kappa shape index (κ3) is 6.32. The highest BCUT2D eigenvalue weighted by atomic mass is 32.2. The molecule has 2 amide bonds. The highest BCUT2D eigenvalue weighted by molar-refractivity contribution is 8.15. The fourth-order valence-corrected chi connectivity index (χ4v) is 3.71. The van der Waals surface area contributed by atoms with Gasteiger partial charge in [-0.1, -0.05) is 11.8 Å². The number of carbonyl (C=O) groups is 3. The lowest BCUT2D eigenvalue weighted by Gasteiger charge is -2.22. The summed E-state index contributed by atoms with van der Waals surface area (Å²) in [7, 11) is 1.58. The van der Waals surface area contributed by atoms with E-state index in [2.05, 4.69) is 15.6 Å². The minimum absolute atomic E-state index is 0.0386. The molecule has 0 saturated carbocycles. The molecular formula is C22H23N3O5S. The van der Waals surface area contributed by atoms with Crippen LogP contribution in [0.15, 0.2) is 53.5 Å². The van der Waals surface area contributed by atoms with Crippen LogP contribution in [0.2, 0.25) is 0 Å². The van der Waals surface area contributed by atoms with Crippen molar-refractivity contribution in [2.75, 3.05) is 12.4 Å². The van der Waals surface area contributed by atoms with Gasteiger partial charge in [0, 0.05) is 12.1 Å². The molecular weight excluding hydrogens is 418 g/mol. The van der Waals surface area contributed by atoms with Gasteiger partial charge < -0.3 is 20.1 Å². The van der Waals surface area contributed by atoms with Gasteiger partial charge in [0.15, 0.2) is 5.17 Å². The maximum atomic E-state index is 12.7. The fourth-order valence-electron chi connectivity index (χ4n) is 2.71.